The quantitative estimate of drug-likeness (QED) is 0.382. The first-order valence-corrected chi connectivity index (χ1v) is 10.6. The predicted molar refractivity (Wildman–Crippen MR) is 118 cm³/mol. The first-order valence-electron chi connectivity index (χ1n) is 8.61. The van der Waals surface area contributed by atoms with Gasteiger partial charge in [-0.1, -0.05) is 52.6 Å². The van der Waals surface area contributed by atoms with Crippen LogP contribution >= 0.6 is 46.6 Å². The Morgan fingerprint density at radius 2 is 1.62 bits per heavy atom. The number of nitrogens with zero attached hydrogens (tertiary/aromatic N) is 1. The number of anilines is 1. The van der Waals surface area contributed by atoms with Gasteiger partial charge in [0, 0.05) is 4.90 Å². The van der Waals surface area contributed by atoms with Gasteiger partial charge in [0.05, 0.1) is 38.1 Å². The van der Waals surface area contributed by atoms with Gasteiger partial charge >= 0.3 is 12.2 Å². The van der Waals surface area contributed by atoms with Crippen molar-refractivity contribution < 1.29 is 22.8 Å². The largest absolute Gasteiger partial charge is 0.417 e. The van der Waals surface area contributed by atoms with Gasteiger partial charge < -0.3 is 5.32 Å². The highest BCUT2D eigenvalue weighted by atomic mass is 35.5. The number of benzene rings is 2. The molecule has 0 aliphatic rings. The lowest BCUT2D eigenvalue weighted by atomic mass is 10.2. The number of carbonyl (C=O) groups is 2. The maximum Gasteiger partial charge on any atom is 0.417 e. The summed E-state index contributed by atoms with van der Waals surface area (Å²) in [5.41, 5.74) is -0.739. The molecular formula is C20H11Cl3F3N3O2S. The van der Waals surface area contributed by atoms with Gasteiger partial charge in [-0.3, -0.25) is 10.1 Å². The monoisotopic (exact) mass is 519 g/mol. The van der Waals surface area contributed by atoms with Gasteiger partial charge in [-0.15, -0.1) is 0 Å². The Labute approximate surface area is 199 Å². The molecule has 1 heterocycles. The summed E-state index contributed by atoms with van der Waals surface area (Å²) in [6.07, 6.45) is -3.29. The molecule has 0 atom stereocenters. The summed E-state index contributed by atoms with van der Waals surface area (Å²) in [6.45, 7) is 0. The van der Waals surface area contributed by atoms with Crippen LogP contribution in [0.1, 0.15) is 15.9 Å². The number of rotatable bonds is 4. The van der Waals surface area contributed by atoms with E-state index in [0.29, 0.717) is 5.03 Å². The molecule has 0 fully saturated rings. The molecule has 0 aliphatic heterocycles. The van der Waals surface area contributed by atoms with Crippen LogP contribution in [0.2, 0.25) is 15.1 Å². The Balaban J connectivity index is 1.64. The second kappa shape index (κ2) is 9.99. The summed E-state index contributed by atoms with van der Waals surface area (Å²) in [6, 6.07) is 10.1. The molecule has 1 aromatic heterocycles. The van der Waals surface area contributed by atoms with Crippen molar-refractivity contribution in [1.29, 1.82) is 0 Å². The second-order valence-electron chi connectivity index (χ2n) is 6.13. The predicted octanol–water partition coefficient (Wildman–Crippen LogP) is 7.17. The summed E-state index contributed by atoms with van der Waals surface area (Å²) < 4.78 is 39.0. The minimum absolute atomic E-state index is 0.0444. The van der Waals surface area contributed by atoms with Crippen LogP contribution in [-0.4, -0.2) is 16.9 Å². The molecule has 12 heteroatoms. The van der Waals surface area contributed by atoms with E-state index in [4.69, 9.17) is 34.8 Å². The van der Waals surface area contributed by atoms with Gasteiger partial charge in [-0.2, -0.15) is 13.2 Å². The van der Waals surface area contributed by atoms with Crippen molar-refractivity contribution in [3.05, 3.63) is 80.9 Å². The SMILES string of the molecule is O=C(NC(=O)c1c(Cl)cccc1Cl)Nc1ccc(Sc2ccc(Cl)c(C(F)(F)F)c2)nc1. The molecule has 0 bridgehead atoms. The molecule has 0 saturated carbocycles. The molecular weight excluding hydrogens is 510 g/mol. The third-order valence-corrected chi connectivity index (χ3v) is 5.78. The fraction of sp³-hybridized carbons (Fsp3) is 0.0500. The van der Waals surface area contributed by atoms with E-state index in [0.717, 1.165) is 23.9 Å². The molecule has 32 heavy (non-hydrogen) atoms. The van der Waals surface area contributed by atoms with E-state index in [9.17, 15) is 22.8 Å². The summed E-state index contributed by atoms with van der Waals surface area (Å²) in [5, 5.41) is 4.67. The van der Waals surface area contributed by atoms with Crippen molar-refractivity contribution in [2.24, 2.45) is 0 Å². The number of hydrogen-bond donors (Lipinski definition) is 2. The number of nitrogens with one attached hydrogen (secondary N) is 2. The van der Waals surface area contributed by atoms with Gasteiger partial charge in [-0.25, -0.2) is 9.78 Å². The average Bonchev–Trinajstić information content (AvgIpc) is 2.70. The van der Waals surface area contributed by atoms with Crippen LogP contribution in [0.25, 0.3) is 0 Å². The van der Waals surface area contributed by atoms with Crippen molar-refractivity contribution in [2.45, 2.75) is 16.1 Å². The van der Waals surface area contributed by atoms with Crippen molar-refractivity contribution in [3.63, 3.8) is 0 Å². The van der Waals surface area contributed by atoms with E-state index in [1.165, 1.54) is 36.5 Å². The normalized spacial score (nSPS) is 11.2. The standard InChI is InChI=1S/C20H11Cl3F3N3O2S/c21-13-6-5-11(8-12(13)20(24,25)26)32-16-7-4-10(9-27-16)28-19(31)29-18(30)17-14(22)2-1-3-15(17)23/h1-9H,(H2,28,29,30,31). The minimum Gasteiger partial charge on any atom is -0.306 e. The van der Waals surface area contributed by atoms with Gasteiger partial charge in [0.25, 0.3) is 5.91 Å². The van der Waals surface area contributed by atoms with Crippen LogP contribution in [0.5, 0.6) is 0 Å². The van der Waals surface area contributed by atoms with E-state index < -0.39 is 28.7 Å². The number of urea groups is 1. The number of halogens is 6. The van der Waals surface area contributed by atoms with Gasteiger partial charge in [-0.05, 0) is 42.5 Å². The Hall–Kier alpha value is -2.46. The van der Waals surface area contributed by atoms with E-state index in [2.05, 4.69) is 15.6 Å². The molecule has 0 saturated heterocycles. The highest BCUT2D eigenvalue weighted by molar-refractivity contribution is 7.99. The summed E-state index contributed by atoms with van der Waals surface area (Å²) in [5.74, 6) is -0.790. The zero-order valence-electron chi connectivity index (χ0n) is 15.6. The molecule has 3 aromatic rings. The molecule has 3 amide bonds. The van der Waals surface area contributed by atoms with E-state index in [1.807, 2.05) is 0 Å². The first kappa shape index (κ1) is 24.2. The molecule has 166 valence electrons. The van der Waals surface area contributed by atoms with Crippen molar-refractivity contribution in [1.82, 2.24) is 10.3 Å². The number of hydrogen-bond acceptors (Lipinski definition) is 4. The molecule has 5 nitrogen and oxygen atoms in total. The lowest BCUT2D eigenvalue weighted by Crippen LogP contribution is -2.34. The highest BCUT2D eigenvalue weighted by Crippen LogP contribution is 2.38. The lowest BCUT2D eigenvalue weighted by molar-refractivity contribution is -0.137. The van der Waals surface area contributed by atoms with Crippen molar-refractivity contribution in [2.75, 3.05) is 5.32 Å². The number of alkyl halides is 3. The maximum atomic E-state index is 13.0. The third kappa shape index (κ3) is 6.07. The highest BCUT2D eigenvalue weighted by Gasteiger charge is 2.33. The van der Waals surface area contributed by atoms with E-state index in [1.54, 1.807) is 6.07 Å². The van der Waals surface area contributed by atoms with Crippen LogP contribution in [0, 0.1) is 0 Å². The lowest BCUT2D eigenvalue weighted by Gasteiger charge is -2.11. The zero-order valence-corrected chi connectivity index (χ0v) is 18.7. The topological polar surface area (TPSA) is 71.1 Å². The molecule has 0 aliphatic carbocycles. The van der Waals surface area contributed by atoms with Crippen molar-refractivity contribution in [3.8, 4) is 0 Å². The molecule has 0 spiro atoms. The fourth-order valence-corrected chi connectivity index (χ4v) is 4.05. The summed E-state index contributed by atoms with van der Waals surface area (Å²) >= 11 is 18.5. The van der Waals surface area contributed by atoms with Gasteiger partial charge in [0.15, 0.2) is 0 Å². The third-order valence-electron chi connectivity index (χ3n) is 3.88. The Bertz CT molecular complexity index is 1150. The van der Waals surface area contributed by atoms with Crippen LogP contribution in [0.4, 0.5) is 23.7 Å². The van der Waals surface area contributed by atoms with Crippen LogP contribution in [0.15, 0.2) is 64.6 Å². The minimum atomic E-state index is -4.58. The molecule has 2 N–H and O–H groups in total. The van der Waals surface area contributed by atoms with Gasteiger partial charge in [0.1, 0.15) is 5.03 Å². The number of pyridine rings is 1. The van der Waals surface area contributed by atoms with Crippen LogP contribution in [0.3, 0.4) is 0 Å². The Kier molecular flexibility index (Phi) is 7.55. The Morgan fingerprint density at radius 3 is 2.22 bits per heavy atom. The van der Waals surface area contributed by atoms with Crippen LogP contribution < -0.4 is 10.6 Å². The number of imide groups is 1. The number of amides is 3. The van der Waals surface area contributed by atoms with Gasteiger partial charge in [0.2, 0.25) is 0 Å². The first-order chi connectivity index (χ1) is 15.0. The van der Waals surface area contributed by atoms with Crippen molar-refractivity contribution >= 4 is 64.2 Å². The summed E-state index contributed by atoms with van der Waals surface area (Å²) in [4.78, 5) is 28.7. The maximum absolute atomic E-state index is 13.0. The zero-order chi connectivity index (χ0) is 23.5. The smallest absolute Gasteiger partial charge is 0.306 e. The molecule has 3 rings (SSSR count). The number of carbonyl (C=O) groups excluding carboxylic acids is 2. The fourth-order valence-electron chi connectivity index (χ4n) is 2.46. The average molecular weight is 521 g/mol. The number of aromatic nitrogens is 1. The molecule has 2 aromatic carbocycles. The van der Waals surface area contributed by atoms with Crippen LogP contribution in [-0.2, 0) is 6.18 Å². The molecule has 0 radical (unpaired) electrons. The second-order valence-corrected chi connectivity index (χ2v) is 8.45. The Morgan fingerprint density at radius 1 is 0.938 bits per heavy atom. The molecule has 0 unspecified atom stereocenters. The van der Waals surface area contributed by atoms with E-state index in [-0.39, 0.29) is 26.2 Å². The van der Waals surface area contributed by atoms with E-state index >= 15 is 0 Å². The summed E-state index contributed by atoms with van der Waals surface area (Å²) in [7, 11) is 0.